The molecule has 1 heterocycles. The number of thiol groups is 1. The van der Waals surface area contributed by atoms with E-state index in [1.54, 1.807) is 6.07 Å². The molecule has 2 aromatic rings. The van der Waals surface area contributed by atoms with Crippen molar-refractivity contribution in [1.82, 2.24) is 4.98 Å². The van der Waals surface area contributed by atoms with E-state index < -0.39 is 17.0 Å². The Kier molecular flexibility index (Phi) is 3.38. The molecule has 0 radical (unpaired) electrons. The molecular weight excluding hydrogens is 254 g/mol. The fraction of sp³-hybridized carbons (Fsp3) is 0.250. The number of nitrogens with zero attached hydrogens (tertiary/aromatic N) is 1. The monoisotopic (exact) mass is 265 g/mol. The Labute approximate surface area is 108 Å². The van der Waals surface area contributed by atoms with E-state index in [0.29, 0.717) is 11.1 Å². The number of carbonyl (C=O) groups excluding carboxylic acids is 1. The van der Waals surface area contributed by atoms with Crippen molar-refractivity contribution in [3.8, 4) is 0 Å². The largest absolute Gasteiger partial charge is 0.481 e. The zero-order valence-electron chi connectivity index (χ0n) is 9.58. The van der Waals surface area contributed by atoms with E-state index in [1.807, 2.05) is 19.1 Å². The lowest BCUT2D eigenvalue weighted by molar-refractivity contribution is -0.138. The molecule has 0 bridgehead atoms. The van der Waals surface area contributed by atoms with Gasteiger partial charge < -0.3 is 9.52 Å². The van der Waals surface area contributed by atoms with Crippen LogP contribution in [0.5, 0.6) is 0 Å². The van der Waals surface area contributed by atoms with Crippen molar-refractivity contribution in [3.63, 3.8) is 0 Å². The van der Waals surface area contributed by atoms with Crippen molar-refractivity contribution in [1.29, 1.82) is 0 Å². The molecule has 0 amide bonds. The molecule has 18 heavy (non-hydrogen) atoms. The van der Waals surface area contributed by atoms with Gasteiger partial charge in [-0.05, 0) is 24.6 Å². The van der Waals surface area contributed by atoms with Crippen molar-refractivity contribution in [2.24, 2.45) is 0 Å². The number of rotatable bonds is 4. The number of hydrogen-bond acceptors (Lipinski definition) is 4. The highest BCUT2D eigenvalue weighted by molar-refractivity contribution is 7.96. The van der Waals surface area contributed by atoms with Gasteiger partial charge in [0.05, 0.1) is 6.42 Å². The summed E-state index contributed by atoms with van der Waals surface area (Å²) in [5.74, 6) is -1.96. The van der Waals surface area contributed by atoms with Gasteiger partial charge in [-0.3, -0.25) is 9.59 Å². The van der Waals surface area contributed by atoms with Gasteiger partial charge in [0.25, 0.3) is 0 Å². The number of aliphatic carboxylic acids is 1. The number of aryl methyl sites for hydroxylation is 1. The van der Waals surface area contributed by atoms with Crippen LogP contribution < -0.4 is 0 Å². The van der Waals surface area contributed by atoms with Crippen LogP contribution in [0.25, 0.3) is 11.1 Å². The minimum atomic E-state index is -1.10. The number of fused-ring (bicyclic) bond motifs is 1. The molecule has 94 valence electrons. The molecule has 5 nitrogen and oxygen atoms in total. The lowest BCUT2D eigenvalue weighted by Crippen LogP contribution is -2.12. The van der Waals surface area contributed by atoms with E-state index in [-0.39, 0.29) is 12.3 Å². The molecule has 0 aliphatic heterocycles. The van der Waals surface area contributed by atoms with Gasteiger partial charge >= 0.3 is 5.97 Å². The van der Waals surface area contributed by atoms with Gasteiger partial charge in [-0.15, -0.1) is 12.6 Å². The highest BCUT2D eigenvalue weighted by Gasteiger charge is 2.26. The maximum Gasteiger partial charge on any atom is 0.304 e. The Bertz CT molecular complexity index is 620. The minimum Gasteiger partial charge on any atom is -0.481 e. The first kappa shape index (κ1) is 12.6. The topological polar surface area (TPSA) is 80.4 Å². The molecule has 1 atom stereocenters. The molecule has 0 aliphatic rings. The Balaban J connectivity index is 2.44. The SMILES string of the molecule is Cc1ccc2oc(C(CC(=O)O)C(=O)S)nc2c1. The molecule has 1 N–H and O–H groups in total. The summed E-state index contributed by atoms with van der Waals surface area (Å²) in [5, 5.41) is 8.19. The van der Waals surface area contributed by atoms with E-state index in [0.717, 1.165) is 5.56 Å². The Morgan fingerprint density at radius 1 is 1.50 bits per heavy atom. The van der Waals surface area contributed by atoms with Gasteiger partial charge in [0.15, 0.2) is 10.7 Å². The predicted octanol–water partition coefficient (Wildman–Crippen LogP) is 2.15. The van der Waals surface area contributed by atoms with E-state index in [9.17, 15) is 9.59 Å². The van der Waals surface area contributed by atoms with E-state index in [2.05, 4.69) is 17.6 Å². The third kappa shape index (κ3) is 2.53. The maximum atomic E-state index is 11.3. The molecule has 0 spiro atoms. The summed E-state index contributed by atoms with van der Waals surface area (Å²) >= 11 is 3.68. The second-order valence-electron chi connectivity index (χ2n) is 4.01. The fourth-order valence-corrected chi connectivity index (χ4v) is 1.86. The summed E-state index contributed by atoms with van der Waals surface area (Å²) in [7, 11) is 0. The van der Waals surface area contributed by atoms with Gasteiger partial charge in [0.2, 0.25) is 5.89 Å². The number of carboxylic acid groups (broad SMARTS) is 1. The van der Waals surface area contributed by atoms with Crippen molar-refractivity contribution < 1.29 is 19.1 Å². The Hall–Kier alpha value is -1.82. The second kappa shape index (κ2) is 4.81. The quantitative estimate of drug-likeness (QED) is 0.828. The van der Waals surface area contributed by atoms with Gasteiger partial charge in [0, 0.05) is 0 Å². The molecule has 1 unspecified atom stereocenters. The average Bonchev–Trinajstić information content (AvgIpc) is 2.67. The Morgan fingerprint density at radius 3 is 2.83 bits per heavy atom. The molecule has 0 saturated heterocycles. The van der Waals surface area contributed by atoms with Crippen LogP contribution in [-0.2, 0) is 9.59 Å². The third-order valence-electron chi connectivity index (χ3n) is 2.53. The number of carboxylic acids is 1. The smallest absolute Gasteiger partial charge is 0.304 e. The highest BCUT2D eigenvalue weighted by atomic mass is 32.1. The van der Waals surface area contributed by atoms with Gasteiger partial charge in [-0.1, -0.05) is 6.07 Å². The van der Waals surface area contributed by atoms with Crippen LogP contribution in [-0.4, -0.2) is 21.2 Å². The van der Waals surface area contributed by atoms with Crippen molar-refractivity contribution in [3.05, 3.63) is 29.7 Å². The summed E-state index contributed by atoms with van der Waals surface area (Å²) in [6.07, 6.45) is -0.381. The van der Waals surface area contributed by atoms with Crippen LogP contribution >= 0.6 is 12.6 Å². The normalized spacial score (nSPS) is 12.6. The maximum absolute atomic E-state index is 11.3. The first-order valence-corrected chi connectivity index (χ1v) is 5.74. The summed E-state index contributed by atoms with van der Waals surface area (Å²) in [6, 6.07) is 5.40. The van der Waals surface area contributed by atoms with Crippen molar-refractivity contribution in [2.75, 3.05) is 0 Å². The zero-order valence-corrected chi connectivity index (χ0v) is 10.5. The third-order valence-corrected chi connectivity index (χ3v) is 2.85. The molecule has 1 aromatic carbocycles. The first-order valence-electron chi connectivity index (χ1n) is 5.29. The average molecular weight is 265 g/mol. The summed E-state index contributed by atoms with van der Waals surface area (Å²) in [6.45, 7) is 1.91. The lowest BCUT2D eigenvalue weighted by Gasteiger charge is -2.04. The zero-order chi connectivity index (χ0) is 13.3. The van der Waals surface area contributed by atoms with E-state index >= 15 is 0 Å². The van der Waals surface area contributed by atoms with Gasteiger partial charge in [0.1, 0.15) is 11.4 Å². The fourth-order valence-electron chi connectivity index (χ4n) is 1.66. The molecule has 0 fully saturated rings. The van der Waals surface area contributed by atoms with Crippen LogP contribution in [0.3, 0.4) is 0 Å². The van der Waals surface area contributed by atoms with Crippen molar-refractivity contribution >= 4 is 34.8 Å². The van der Waals surface area contributed by atoms with Gasteiger partial charge in [-0.25, -0.2) is 4.98 Å². The van der Waals surface area contributed by atoms with Crippen LogP contribution in [0.1, 0.15) is 23.8 Å². The standard InChI is InChI=1S/C12H11NO4S/c1-6-2-3-9-8(4-6)13-11(17-9)7(12(16)18)5-10(14)15/h2-4,7H,5H2,1H3,(H,14,15)(H,16,18). The van der Waals surface area contributed by atoms with E-state index in [4.69, 9.17) is 9.52 Å². The second-order valence-corrected chi connectivity index (χ2v) is 4.45. The molecule has 2 rings (SSSR count). The summed E-state index contributed by atoms with van der Waals surface area (Å²) < 4.78 is 5.40. The first-order chi connectivity index (χ1) is 8.47. The number of benzene rings is 1. The Morgan fingerprint density at radius 2 is 2.22 bits per heavy atom. The van der Waals surface area contributed by atoms with Crippen LogP contribution in [0.15, 0.2) is 22.6 Å². The van der Waals surface area contributed by atoms with Crippen LogP contribution in [0.2, 0.25) is 0 Å². The molecule has 1 aromatic heterocycles. The van der Waals surface area contributed by atoms with Gasteiger partial charge in [-0.2, -0.15) is 0 Å². The number of oxazole rings is 1. The lowest BCUT2D eigenvalue weighted by atomic mass is 10.1. The highest BCUT2D eigenvalue weighted by Crippen LogP contribution is 2.26. The molecule has 6 heteroatoms. The minimum absolute atomic E-state index is 0.0954. The molecular formula is C12H11NO4S. The van der Waals surface area contributed by atoms with Crippen LogP contribution in [0, 0.1) is 6.92 Å². The summed E-state index contributed by atoms with van der Waals surface area (Å²) in [5.41, 5.74) is 2.14. The summed E-state index contributed by atoms with van der Waals surface area (Å²) in [4.78, 5) is 26.2. The molecule has 0 saturated carbocycles. The predicted molar refractivity (Wildman–Crippen MR) is 67.7 cm³/mol. The number of carbonyl (C=O) groups is 2. The van der Waals surface area contributed by atoms with Crippen molar-refractivity contribution in [2.45, 2.75) is 19.3 Å². The van der Waals surface area contributed by atoms with E-state index in [1.165, 1.54) is 0 Å². The molecule has 0 aliphatic carbocycles. The number of hydrogen-bond donors (Lipinski definition) is 2. The number of aromatic nitrogens is 1. The van der Waals surface area contributed by atoms with Crippen LogP contribution in [0.4, 0.5) is 0 Å².